The molecule has 1 fully saturated rings. The fraction of sp³-hybridized carbons (Fsp3) is 0.571. The second-order valence-electron chi connectivity index (χ2n) is 2.69. The third kappa shape index (κ3) is 1.30. The van der Waals surface area contributed by atoms with Gasteiger partial charge in [0, 0.05) is 16.4 Å². The number of β-lactam (4-membered cyclic amide) rings is 1. The third-order valence-electron chi connectivity index (χ3n) is 1.90. The number of amides is 1. The lowest BCUT2D eigenvalue weighted by atomic mass is 10.2. The second kappa shape index (κ2) is 2.97. The minimum atomic E-state index is 0.282. The van der Waals surface area contributed by atoms with E-state index < -0.39 is 0 Å². The van der Waals surface area contributed by atoms with Crippen LogP contribution in [0.15, 0.2) is 11.8 Å². The second-order valence-corrected chi connectivity index (χ2v) is 4.62. The van der Waals surface area contributed by atoms with Crippen LogP contribution in [0.5, 0.6) is 0 Å². The maximum absolute atomic E-state index is 11.0. The Morgan fingerprint density at radius 2 is 2.64 bits per heavy atom. The zero-order valence-electron chi connectivity index (χ0n) is 5.92. The van der Waals surface area contributed by atoms with Gasteiger partial charge in [-0.1, -0.05) is 22.6 Å². The van der Waals surface area contributed by atoms with Crippen LogP contribution in [0.3, 0.4) is 0 Å². The predicted molar refractivity (Wildman–Crippen MR) is 54.7 cm³/mol. The Balaban J connectivity index is 2.13. The Bertz CT molecular complexity index is 228. The monoisotopic (exact) mass is 281 g/mol. The molecule has 0 aromatic heterocycles. The number of thioether (sulfide) groups is 1. The average molecular weight is 281 g/mol. The van der Waals surface area contributed by atoms with Crippen molar-refractivity contribution in [2.45, 2.75) is 11.8 Å². The zero-order valence-corrected chi connectivity index (χ0v) is 8.89. The zero-order chi connectivity index (χ0) is 7.84. The molecule has 0 aromatic rings. The lowest BCUT2D eigenvalue weighted by molar-refractivity contribution is -0.137. The van der Waals surface area contributed by atoms with Crippen molar-refractivity contribution in [3.05, 3.63) is 11.8 Å². The lowest BCUT2D eigenvalue weighted by Gasteiger charge is -2.40. The quantitative estimate of drug-likeness (QED) is 0.413. The molecule has 2 rings (SSSR count). The van der Waals surface area contributed by atoms with Crippen LogP contribution in [0.25, 0.3) is 0 Å². The standard InChI is InChI=1S/C7H8INOS/c8-2-5-3-9-6(10)1-7(9)11-4-5/h3,7H,1-2,4H2/t7-/m1/s1. The molecule has 2 aliphatic heterocycles. The molecule has 2 heterocycles. The number of nitrogens with zero attached hydrogens (tertiary/aromatic N) is 1. The van der Waals surface area contributed by atoms with Gasteiger partial charge in [-0.05, 0) is 5.57 Å². The molecule has 4 heteroatoms. The predicted octanol–water partition coefficient (Wildman–Crippen LogP) is 1.61. The Hall–Kier alpha value is 0.290. The highest BCUT2D eigenvalue weighted by molar-refractivity contribution is 14.1. The molecule has 1 saturated heterocycles. The van der Waals surface area contributed by atoms with Gasteiger partial charge >= 0.3 is 0 Å². The Morgan fingerprint density at radius 3 is 3.27 bits per heavy atom. The fourth-order valence-electron chi connectivity index (χ4n) is 1.21. The van der Waals surface area contributed by atoms with Crippen molar-refractivity contribution in [3.8, 4) is 0 Å². The van der Waals surface area contributed by atoms with Gasteiger partial charge in [0.1, 0.15) is 0 Å². The molecular formula is C7H8INOS. The summed E-state index contributed by atoms with van der Waals surface area (Å²) in [6, 6.07) is 0. The smallest absolute Gasteiger partial charge is 0.230 e. The highest BCUT2D eigenvalue weighted by atomic mass is 127. The molecule has 0 saturated carbocycles. The van der Waals surface area contributed by atoms with E-state index in [1.54, 1.807) is 0 Å². The molecule has 0 unspecified atom stereocenters. The number of carbonyl (C=O) groups excluding carboxylic acids is 1. The van der Waals surface area contributed by atoms with Gasteiger partial charge in [0.25, 0.3) is 0 Å². The molecule has 1 atom stereocenters. The van der Waals surface area contributed by atoms with Gasteiger partial charge in [0.15, 0.2) is 0 Å². The van der Waals surface area contributed by atoms with Crippen molar-refractivity contribution in [1.29, 1.82) is 0 Å². The van der Waals surface area contributed by atoms with Crippen molar-refractivity contribution in [2.75, 3.05) is 10.2 Å². The fourth-order valence-corrected chi connectivity index (χ4v) is 3.22. The Kier molecular flexibility index (Phi) is 2.14. The number of halogens is 1. The SMILES string of the molecule is O=C1C[C@H]2SCC(CI)=CN12. The number of rotatable bonds is 1. The maximum Gasteiger partial charge on any atom is 0.230 e. The third-order valence-corrected chi connectivity index (χ3v) is 4.20. The first-order chi connectivity index (χ1) is 5.31. The summed E-state index contributed by atoms with van der Waals surface area (Å²) < 4.78 is 1.04. The maximum atomic E-state index is 11.0. The average Bonchev–Trinajstić information content (AvgIpc) is 2.03. The number of alkyl halides is 1. The molecule has 1 amide bonds. The van der Waals surface area contributed by atoms with Crippen molar-refractivity contribution < 1.29 is 4.79 Å². The van der Waals surface area contributed by atoms with Crippen LogP contribution in [0.4, 0.5) is 0 Å². The normalized spacial score (nSPS) is 29.2. The molecule has 2 nitrogen and oxygen atoms in total. The minimum absolute atomic E-state index is 0.282. The number of hydrogen-bond acceptors (Lipinski definition) is 2. The minimum Gasteiger partial charge on any atom is -0.306 e. The highest BCUT2D eigenvalue weighted by Gasteiger charge is 2.37. The van der Waals surface area contributed by atoms with Crippen LogP contribution in [0.2, 0.25) is 0 Å². The molecular weight excluding hydrogens is 273 g/mol. The van der Waals surface area contributed by atoms with Crippen molar-refractivity contribution >= 4 is 40.3 Å². The number of hydrogen-bond donors (Lipinski definition) is 0. The van der Waals surface area contributed by atoms with E-state index in [2.05, 4.69) is 22.6 Å². The van der Waals surface area contributed by atoms with Gasteiger partial charge in [0.05, 0.1) is 11.8 Å². The molecule has 0 spiro atoms. The Labute approximate surface area is 83.5 Å². The van der Waals surface area contributed by atoms with E-state index in [0.717, 1.165) is 16.6 Å². The highest BCUT2D eigenvalue weighted by Crippen LogP contribution is 2.35. The van der Waals surface area contributed by atoms with E-state index in [9.17, 15) is 4.79 Å². The van der Waals surface area contributed by atoms with E-state index in [1.807, 2.05) is 22.9 Å². The summed E-state index contributed by atoms with van der Waals surface area (Å²) in [7, 11) is 0. The topological polar surface area (TPSA) is 20.3 Å². The largest absolute Gasteiger partial charge is 0.306 e. The van der Waals surface area contributed by atoms with Crippen LogP contribution >= 0.6 is 34.4 Å². The summed E-state index contributed by atoms with van der Waals surface area (Å²) >= 11 is 4.22. The van der Waals surface area contributed by atoms with Gasteiger partial charge in [-0.2, -0.15) is 0 Å². The summed E-state index contributed by atoms with van der Waals surface area (Å²) in [6.45, 7) is 0. The van der Waals surface area contributed by atoms with Crippen LogP contribution in [-0.2, 0) is 4.79 Å². The lowest BCUT2D eigenvalue weighted by Crippen LogP contribution is -2.49. The molecule has 2 aliphatic rings. The van der Waals surface area contributed by atoms with Gasteiger partial charge in [-0.25, -0.2) is 0 Å². The van der Waals surface area contributed by atoms with E-state index in [1.165, 1.54) is 5.57 Å². The summed E-state index contributed by atoms with van der Waals surface area (Å²) in [6.07, 6.45) is 2.77. The molecule has 60 valence electrons. The number of fused-ring (bicyclic) bond motifs is 1. The molecule has 0 radical (unpaired) electrons. The molecule has 0 aliphatic carbocycles. The van der Waals surface area contributed by atoms with Gasteiger partial charge in [0.2, 0.25) is 5.91 Å². The van der Waals surface area contributed by atoms with Gasteiger partial charge in [-0.15, -0.1) is 11.8 Å². The summed E-state index contributed by atoms with van der Waals surface area (Å²) in [5, 5.41) is 0.467. The van der Waals surface area contributed by atoms with E-state index in [0.29, 0.717) is 5.37 Å². The van der Waals surface area contributed by atoms with Crippen molar-refractivity contribution in [2.24, 2.45) is 0 Å². The first-order valence-corrected chi connectivity index (χ1v) is 6.07. The Morgan fingerprint density at radius 1 is 1.82 bits per heavy atom. The van der Waals surface area contributed by atoms with Crippen LogP contribution in [0, 0.1) is 0 Å². The summed E-state index contributed by atoms with van der Waals surface area (Å²) in [5.74, 6) is 1.39. The summed E-state index contributed by atoms with van der Waals surface area (Å²) in [4.78, 5) is 12.9. The van der Waals surface area contributed by atoms with Gasteiger partial charge < -0.3 is 4.90 Å². The van der Waals surface area contributed by atoms with E-state index >= 15 is 0 Å². The first kappa shape index (κ1) is 7.91. The van der Waals surface area contributed by atoms with E-state index in [4.69, 9.17) is 0 Å². The van der Waals surface area contributed by atoms with Crippen molar-refractivity contribution in [3.63, 3.8) is 0 Å². The molecule has 0 N–H and O–H groups in total. The molecule has 0 aromatic carbocycles. The number of carbonyl (C=O) groups is 1. The van der Waals surface area contributed by atoms with Crippen LogP contribution in [0.1, 0.15) is 6.42 Å². The van der Waals surface area contributed by atoms with E-state index in [-0.39, 0.29) is 5.91 Å². The first-order valence-electron chi connectivity index (χ1n) is 3.49. The van der Waals surface area contributed by atoms with Crippen LogP contribution in [-0.4, -0.2) is 26.4 Å². The van der Waals surface area contributed by atoms with Crippen molar-refractivity contribution in [1.82, 2.24) is 4.90 Å². The van der Waals surface area contributed by atoms with Gasteiger partial charge in [-0.3, -0.25) is 4.79 Å². The van der Waals surface area contributed by atoms with Crippen LogP contribution < -0.4 is 0 Å². The summed E-state index contributed by atoms with van der Waals surface area (Å²) in [5.41, 5.74) is 1.37. The molecule has 0 bridgehead atoms. The molecule has 11 heavy (non-hydrogen) atoms.